The molecule has 240 valence electrons. The number of hydrogen-bond donors (Lipinski definition) is 1. The highest BCUT2D eigenvalue weighted by atomic mass is 16.7. The van der Waals surface area contributed by atoms with Crippen molar-refractivity contribution in [2.45, 2.75) is 12.6 Å². The van der Waals surface area contributed by atoms with Crippen molar-refractivity contribution in [3.63, 3.8) is 0 Å². The molecule has 1 atom stereocenters. The number of para-hydroxylation sites is 1. The minimum atomic E-state index is -1.29. The Kier molecular flexibility index (Phi) is 8.65. The number of nitrogens with one attached hydrogen (secondary N) is 1. The second-order valence-electron chi connectivity index (χ2n) is 10.7. The zero-order valence-corrected chi connectivity index (χ0v) is 25.9. The van der Waals surface area contributed by atoms with Crippen LogP contribution in [-0.4, -0.2) is 63.1 Å². The number of anilines is 2. The Morgan fingerprint density at radius 2 is 1.53 bits per heavy atom. The third-order valence-corrected chi connectivity index (χ3v) is 7.89. The van der Waals surface area contributed by atoms with E-state index in [1.807, 2.05) is 30.3 Å². The molecule has 0 unspecified atom stereocenters. The highest BCUT2D eigenvalue weighted by Crippen LogP contribution is 2.42. The summed E-state index contributed by atoms with van der Waals surface area (Å²) < 4.78 is 27.6. The summed E-state index contributed by atoms with van der Waals surface area (Å²) in [5.41, 5.74) is 1.99. The lowest BCUT2D eigenvalue weighted by Crippen LogP contribution is -2.46. The zero-order valence-electron chi connectivity index (χ0n) is 25.9. The van der Waals surface area contributed by atoms with Gasteiger partial charge in [-0.15, -0.1) is 0 Å². The Morgan fingerprint density at radius 3 is 2.23 bits per heavy atom. The first-order chi connectivity index (χ1) is 22.8. The number of benzene rings is 4. The van der Waals surface area contributed by atoms with E-state index in [0.717, 1.165) is 10.5 Å². The summed E-state index contributed by atoms with van der Waals surface area (Å²) in [6.45, 7) is -0.458. The van der Waals surface area contributed by atoms with E-state index in [2.05, 4.69) is 5.32 Å². The second kappa shape index (κ2) is 13.1. The molecule has 1 N–H and O–H groups in total. The summed E-state index contributed by atoms with van der Waals surface area (Å²) in [7, 11) is 4.35. The van der Waals surface area contributed by atoms with Crippen molar-refractivity contribution in [2.24, 2.45) is 0 Å². The van der Waals surface area contributed by atoms with E-state index in [1.54, 1.807) is 54.6 Å². The molecule has 4 aromatic carbocycles. The van der Waals surface area contributed by atoms with E-state index in [-0.39, 0.29) is 30.4 Å². The van der Waals surface area contributed by atoms with E-state index in [4.69, 9.17) is 23.7 Å². The van der Waals surface area contributed by atoms with Crippen LogP contribution >= 0.6 is 0 Å². The lowest BCUT2D eigenvalue weighted by molar-refractivity contribution is -0.139. The highest BCUT2D eigenvalue weighted by Gasteiger charge is 2.40. The normalized spacial score (nSPS) is 13.6. The molecule has 2 heterocycles. The van der Waals surface area contributed by atoms with Crippen LogP contribution in [0.2, 0.25) is 0 Å². The van der Waals surface area contributed by atoms with Crippen molar-refractivity contribution in [3.8, 4) is 28.7 Å². The van der Waals surface area contributed by atoms with Crippen molar-refractivity contribution in [2.75, 3.05) is 44.9 Å². The first-order valence-electron chi connectivity index (χ1n) is 14.6. The van der Waals surface area contributed by atoms with Crippen LogP contribution in [0.1, 0.15) is 27.5 Å². The molecule has 0 aromatic heterocycles. The number of methoxy groups -OCH3 is 3. The Balaban J connectivity index is 1.45. The lowest BCUT2D eigenvalue weighted by Gasteiger charge is -2.33. The summed E-state index contributed by atoms with van der Waals surface area (Å²) in [6, 6.07) is 22.5. The van der Waals surface area contributed by atoms with Gasteiger partial charge < -0.3 is 33.9 Å². The molecule has 4 aromatic rings. The van der Waals surface area contributed by atoms with Crippen molar-refractivity contribution in [1.82, 2.24) is 4.90 Å². The first kappa shape index (κ1) is 31.0. The van der Waals surface area contributed by atoms with Crippen LogP contribution in [0.5, 0.6) is 28.7 Å². The van der Waals surface area contributed by atoms with Crippen LogP contribution < -0.4 is 33.9 Å². The fourth-order valence-corrected chi connectivity index (χ4v) is 5.65. The standard InChI is InChI=1S/C35H31N3O9/c1-43-28-15-22(16-29(44-2)33(28)45-3)31(34(41)36-23-13-14-26-27(17-23)47-20-46-26)38(18-21-9-5-4-6-10-21)30(39)19-37-25-12-8-7-11-24(25)32(40)35(37)42/h4-17,31H,18-20H2,1-3H3,(H,36,41)/t31-/m1/s1. The molecular formula is C35H31N3O9. The molecule has 0 radical (unpaired) electrons. The van der Waals surface area contributed by atoms with Crippen LogP contribution in [0.25, 0.3) is 0 Å². The third kappa shape index (κ3) is 6.00. The molecule has 0 bridgehead atoms. The maximum absolute atomic E-state index is 14.4. The maximum atomic E-state index is 14.4. The van der Waals surface area contributed by atoms with Crippen molar-refractivity contribution in [1.29, 1.82) is 0 Å². The summed E-state index contributed by atoms with van der Waals surface area (Å²) >= 11 is 0. The van der Waals surface area contributed by atoms with Gasteiger partial charge >= 0.3 is 0 Å². The largest absolute Gasteiger partial charge is 0.493 e. The predicted octanol–water partition coefficient (Wildman–Crippen LogP) is 4.38. The van der Waals surface area contributed by atoms with Crippen LogP contribution in [-0.2, 0) is 20.9 Å². The molecule has 2 aliphatic rings. The van der Waals surface area contributed by atoms with E-state index in [1.165, 1.54) is 26.2 Å². The van der Waals surface area contributed by atoms with E-state index in [0.29, 0.717) is 34.2 Å². The number of nitrogens with zero attached hydrogens (tertiary/aromatic N) is 2. The Bertz CT molecular complexity index is 1840. The van der Waals surface area contributed by atoms with E-state index < -0.39 is 36.1 Å². The maximum Gasteiger partial charge on any atom is 0.299 e. The Labute approximate surface area is 270 Å². The van der Waals surface area contributed by atoms with Gasteiger partial charge in [-0.2, -0.15) is 0 Å². The van der Waals surface area contributed by atoms with Gasteiger partial charge in [-0.1, -0.05) is 42.5 Å². The van der Waals surface area contributed by atoms with Crippen LogP contribution in [0.4, 0.5) is 11.4 Å². The van der Waals surface area contributed by atoms with Gasteiger partial charge in [0.15, 0.2) is 23.0 Å². The van der Waals surface area contributed by atoms with Gasteiger partial charge in [0.25, 0.3) is 17.6 Å². The molecule has 0 spiro atoms. The predicted molar refractivity (Wildman–Crippen MR) is 170 cm³/mol. The number of ketones is 1. The van der Waals surface area contributed by atoms with Crippen molar-refractivity contribution >= 4 is 34.9 Å². The fraction of sp³-hybridized carbons (Fsp3) is 0.200. The molecule has 3 amide bonds. The number of ether oxygens (including phenoxy) is 5. The quantitative estimate of drug-likeness (QED) is 0.238. The monoisotopic (exact) mass is 637 g/mol. The molecular weight excluding hydrogens is 606 g/mol. The summed E-state index contributed by atoms with van der Waals surface area (Å²) in [6.07, 6.45) is 0. The average Bonchev–Trinajstić information content (AvgIpc) is 3.66. The number of rotatable bonds is 11. The number of carbonyl (C=O) groups excluding carboxylic acids is 4. The van der Waals surface area contributed by atoms with Gasteiger partial charge in [0.2, 0.25) is 18.4 Å². The Morgan fingerprint density at radius 1 is 0.851 bits per heavy atom. The third-order valence-electron chi connectivity index (χ3n) is 7.89. The fourth-order valence-electron chi connectivity index (χ4n) is 5.65. The van der Waals surface area contributed by atoms with Gasteiger partial charge in [0, 0.05) is 18.3 Å². The highest BCUT2D eigenvalue weighted by molar-refractivity contribution is 6.52. The lowest BCUT2D eigenvalue weighted by atomic mass is 10.0. The van der Waals surface area contributed by atoms with E-state index in [9.17, 15) is 19.2 Å². The SMILES string of the molecule is COc1cc([C@H](C(=O)Nc2ccc3c(c2)OCO3)N(Cc2ccccc2)C(=O)CN2C(=O)C(=O)c3ccccc32)cc(OC)c1OC. The molecule has 0 fully saturated rings. The number of hydrogen-bond acceptors (Lipinski definition) is 9. The number of fused-ring (bicyclic) bond motifs is 2. The van der Waals surface area contributed by atoms with Gasteiger partial charge in [-0.3, -0.25) is 24.1 Å². The molecule has 12 heteroatoms. The molecule has 2 aliphatic heterocycles. The number of Topliss-reactive ketones (excluding diaryl/α,β-unsaturated/α-hetero) is 1. The Hall–Kier alpha value is -6.04. The summed E-state index contributed by atoms with van der Waals surface area (Å²) in [5, 5.41) is 2.90. The first-order valence-corrected chi connectivity index (χ1v) is 14.6. The smallest absolute Gasteiger partial charge is 0.299 e. The molecule has 0 saturated heterocycles. The summed E-state index contributed by atoms with van der Waals surface area (Å²) in [5.74, 6) is -0.869. The van der Waals surface area contributed by atoms with Crippen LogP contribution in [0, 0.1) is 0 Å². The number of amides is 3. The number of carbonyl (C=O) groups is 4. The van der Waals surface area contributed by atoms with Gasteiger partial charge in [0.1, 0.15) is 12.6 Å². The van der Waals surface area contributed by atoms with Crippen molar-refractivity contribution in [3.05, 3.63) is 102 Å². The minimum Gasteiger partial charge on any atom is -0.493 e. The van der Waals surface area contributed by atoms with Crippen LogP contribution in [0.15, 0.2) is 84.9 Å². The van der Waals surface area contributed by atoms with Gasteiger partial charge in [-0.25, -0.2) is 0 Å². The second-order valence-corrected chi connectivity index (χ2v) is 10.7. The van der Waals surface area contributed by atoms with Gasteiger partial charge in [0.05, 0.1) is 32.6 Å². The van der Waals surface area contributed by atoms with E-state index >= 15 is 0 Å². The minimum absolute atomic E-state index is 0.0207. The van der Waals surface area contributed by atoms with Crippen molar-refractivity contribution < 1.29 is 42.9 Å². The topological polar surface area (TPSA) is 133 Å². The zero-order chi connectivity index (χ0) is 33.1. The molecule has 47 heavy (non-hydrogen) atoms. The molecule has 0 aliphatic carbocycles. The average molecular weight is 638 g/mol. The molecule has 6 rings (SSSR count). The van der Waals surface area contributed by atoms with Gasteiger partial charge in [-0.05, 0) is 47.5 Å². The molecule has 0 saturated carbocycles. The molecule has 12 nitrogen and oxygen atoms in total. The summed E-state index contributed by atoms with van der Waals surface area (Å²) in [4.78, 5) is 57.2. The van der Waals surface area contributed by atoms with Crippen LogP contribution in [0.3, 0.4) is 0 Å².